The van der Waals surface area contributed by atoms with E-state index in [1.807, 2.05) is 0 Å². The lowest BCUT2D eigenvalue weighted by molar-refractivity contribution is 0.0334. The molecule has 2 unspecified atom stereocenters. The van der Waals surface area contributed by atoms with E-state index in [0.717, 1.165) is 0 Å². The van der Waals surface area contributed by atoms with Gasteiger partial charge >= 0.3 is 5.97 Å². The van der Waals surface area contributed by atoms with E-state index < -0.39 is 18.2 Å². The Morgan fingerprint density at radius 3 is 2.82 bits per heavy atom. The number of pyridine rings is 1. The van der Waals surface area contributed by atoms with Crippen molar-refractivity contribution in [2.75, 3.05) is 12.9 Å². The molecule has 0 aliphatic heterocycles. The van der Waals surface area contributed by atoms with E-state index in [2.05, 4.69) is 22.3 Å². The lowest BCUT2D eigenvalue weighted by atomic mass is 10.1. The summed E-state index contributed by atoms with van der Waals surface area (Å²) in [7, 11) is 1.23. The molecule has 2 N–H and O–H groups in total. The number of rotatable bonds is 4. The number of aliphatic hydroxyl groups is 2. The fourth-order valence-electron chi connectivity index (χ4n) is 1.21. The Bertz CT molecular complexity index is 415. The first-order chi connectivity index (χ1) is 8.01. The average Bonchev–Trinajstić information content (AvgIpc) is 2.36. The number of halogens is 1. The largest absolute Gasteiger partial charge is 0.465 e. The van der Waals surface area contributed by atoms with Crippen LogP contribution in [0.4, 0.5) is 0 Å². The number of ether oxygens (including phenoxy) is 1. The number of carbonyl (C=O) groups excluding carboxylic acids is 1. The molecular formula is C10H12ClNO4S. The molecule has 1 aromatic rings. The maximum atomic E-state index is 11.3. The molecule has 0 radical (unpaired) electrons. The number of methoxy groups -OCH3 is 1. The van der Waals surface area contributed by atoms with Crippen LogP contribution in [0.5, 0.6) is 0 Å². The molecule has 1 rings (SSSR count). The number of thiol groups is 1. The van der Waals surface area contributed by atoms with Crippen molar-refractivity contribution in [2.45, 2.75) is 12.2 Å². The van der Waals surface area contributed by atoms with E-state index in [9.17, 15) is 15.0 Å². The summed E-state index contributed by atoms with van der Waals surface area (Å²) in [6, 6.07) is 1.33. The standard InChI is InChI=1S/C10H12ClNO4S/c1-16-10(15)5-2-6(9(11)12-3-5)8(14)7(13)4-17/h2-3,7-8,13-14,17H,4H2,1H3. The zero-order valence-electron chi connectivity index (χ0n) is 9.00. The number of aromatic nitrogens is 1. The summed E-state index contributed by atoms with van der Waals surface area (Å²) in [5.74, 6) is -0.539. The van der Waals surface area contributed by atoms with Crippen molar-refractivity contribution in [2.24, 2.45) is 0 Å². The Labute approximate surface area is 109 Å². The van der Waals surface area contributed by atoms with Gasteiger partial charge in [0.25, 0.3) is 0 Å². The van der Waals surface area contributed by atoms with Gasteiger partial charge in [-0.3, -0.25) is 0 Å². The van der Waals surface area contributed by atoms with Gasteiger partial charge in [0.2, 0.25) is 0 Å². The SMILES string of the molecule is COC(=O)c1cnc(Cl)c(C(O)C(O)CS)c1. The van der Waals surface area contributed by atoms with Crippen LogP contribution >= 0.6 is 24.2 Å². The molecule has 0 amide bonds. The van der Waals surface area contributed by atoms with Crippen molar-refractivity contribution >= 4 is 30.2 Å². The number of esters is 1. The van der Waals surface area contributed by atoms with Gasteiger partial charge in [0.05, 0.1) is 18.8 Å². The quantitative estimate of drug-likeness (QED) is 0.432. The van der Waals surface area contributed by atoms with Crippen LogP contribution in [-0.2, 0) is 4.74 Å². The summed E-state index contributed by atoms with van der Waals surface area (Å²) in [6.45, 7) is 0. The molecule has 1 aromatic heterocycles. The number of aliphatic hydroxyl groups excluding tert-OH is 2. The van der Waals surface area contributed by atoms with Crippen molar-refractivity contribution in [1.29, 1.82) is 0 Å². The highest BCUT2D eigenvalue weighted by molar-refractivity contribution is 7.80. The lowest BCUT2D eigenvalue weighted by Gasteiger charge is -2.17. The second kappa shape index (κ2) is 6.20. The number of hydrogen-bond donors (Lipinski definition) is 3. The van der Waals surface area contributed by atoms with Crippen LogP contribution in [0.25, 0.3) is 0 Å². The molecule has 0 aromatic carbocycles. The van der Waals surface area contributed by atoms with Gasteiger partial charge in [-0.2, -0.15) is 12.6 Å². The van der Waals surface area contributed by atoms with Crippen molar-refractivity contribution in [3.63, 3.8) is 0 Å². The van der Waals surface area contributed by atoms with Crippen molar-refractivity contribution in [3.05, 3.63) is 28.5 Å². The molecule has 2 atom stereocenters. The van der Waals surface area contributed by atoms with Crippen LogP contribution in [0.3, 0.4) is 0 Å². The van der Waals surface area contributed by atoms with E-state index in [4.69, 9.17) is 11.6 Å². The molecule has 7 heteroatoms. The number of nitrogens with zero attached hydrogens (tertiary/aromatic N) is 1. The van der Waals surface area contributed by atoms with Gasteiger partial charge in [0.15, 0.2) is 0 Å². The maximum Gasteiger partial charge on any atom is 0.339 e. The highest BCUT2D eigenvalue weighted by atomic mass is 35.5. The van der Waals surface area contributed by atoms with E-state index in [-0.39, 0.29) is 22.0 Å². The predicted molar refractivity (Wildman–Crippen MR) is 65.4 cm³/mol. The highest BCUT2D eigenvalue weighted by Crippen LogP contribution is 2.25. The molecule has 5 nitrogen and oxygen atoms in total. The average molecular weight is 278 g/mol. The number of hydrogen-bond acceptors (Lipinski definition) is 6. The van der Waals surface area contributed by atoms with Crippen molar-refractivity contribution < 1.29 is 19.7 Å². The minimum absolute atomic E-state index is 0.0194. The van der Waals surface area contributed by atoms with Crippen LogP contribution in [0.1, 0.15) is 22.0 Å². The molecule has 0 saturated heterocycles. The van der Waals surface area contributed by atoms with E-state index in [0.29, 0.717) is 0 Å². The zero-order valence-corrected chi connectivity index (χ0v) is 10.7. The second-order valence-electron chi connectivity index (χ2n) is 3.29. The Kier molecular flexibility index (Phi) is 5.20. The predicted octanol–water partition coefficient (Wildman–Crippen LogP) is 0.846. The van der Waals surface area contributed by atoms with Crippen LogP contribution in [-0.4, -0.2) is 40.1 Å². The van der Waals surface area contributed by atoms with Gasteiger partial charge < -0.3 is 14.9 Å². The molecule has 0 aliphatic carbocycles. The molecule has 94 valence electrons. The monoisotopic (exact) mass is 277 g/mol. The Balaban J connectivity index is 3.10. The number of carbonyl (C=O) groups is 1. The third kappa shape index (κ3) is 3.32. The first-order valence-corrected chi connectivity index (χ1v) is 5.73. The molecular weight excluding hydrogens is 266 g/mol. The molecule has 0 aliphatic rings. The van der Waals surface area contributed by atoms with Crippen LogP contribution in [0, 0.1) is 0 Å². The fraction of sp³-hybridized carbons (Fsp3) is 0.400. The van der Waals surface area contributed by atoms with Gasteiger partial charge in [0.1, 0.15) is 11.3 Å². The normalized spacial score (nSPS) is 14.2. The molecule has 0 spiro atoms. The third-order valence-corrected chi connectivity index (χ3v) is 2.85. The Hall–Kier alpha value is -0.820. The molecule has 0 bridgehead atoms. The lowest BCUT2D eigenvalue weighted by Crippen LogP contribution is -2.21. The Morgan fingerprint density at radius 1 is 1.65 bits per heavy atom. The van der Waals surface area contributed by atoms with Crippen molar-refractivity contribution in [1.82, 2.24) is 4.98 Å². The zero-order chi connectivity index (χ0) is 13.0. The van der Waals surface area contributed by atoms with Gasteiger partial charge in [-0.1, -0.05) is 11.6 Å². The molecule has 0 fully saturated rings. The summed E-state index contributed by atoms with van der Waals surface area (Å²) < 4.78 is 4.52. The highest BCUT2D eigenvalue weighted by Gasteiger charge is 2.22. The van der Waals surface area contributed by atoms with Crippen LogP contribution < -0.4 is 0 Å². The first-order valence-electron chi connectivity index (χ1n) is 4.72. The Morgan fingerprint density at radius 2 is 2.29 bits per heavy atom. The van der Waals surface area contributed by atoms with Gasteiger partial charge in [-0.15, -0.1) is 0 Å². The summed E-state index contributed by atoms with van der Waals surface area (Å²) >= 11 is 9.64. The molecule has 1 heterocycles. The van der Waals surface area contributed by atoms with Gasteiger partial charge in [-0.25, -0.2) is 9.78 Å². The van der Waals surface area contributed by atoms with E-state index in [1.54, 1.807) is 0 Å². The van der Waals surface area contributed by atoms with Crippen LogP contribution in [0.15, 0.2) is 12.3 Å². The topological polar surface area (TPSA) is 79.7 Å². The van der Waals surface area contributed by atoms with E-state index >= 15 is 0 Å². The van der Waals surface area contributed by atoms with E-state index in [1.165, 1.54) is 19.4 Å². The van der Waals surface area contributed by atoms with Gasteiger partial charge in [0, 0.05) is 17.5 Å². The smallest absolute Gasteiger partial charge is 0.339 e. The first kappa shape index (κ1) is 14.2. The summed E-state index contributed by atoms with van der Waals surface area (Å²) in [5.41, 5.74) is 0.313. The molecule has 0 saturated carbocycles. The maximum absolute atomic E-state index is 11.3. The van der Waals surface area contributed by atoms with Crippen LogP contribution in [0.2, 0.25) is 5.15 Å². The minimum Gasteiger partial charge on any atom is -0.465 e. The van der Waals surface area contributed by atoms with Crippen molar-refractivity contribution in [3.8, 4) is 0 Å². The minimum atomic E-state index is -1.25. The summed E-state index contributed by atoms with van der Waals surface area (Å²) in [5, 5.41) is 19.3. The third-order valence-electron chi connectivity index (χ3n) is 2.16. The molecule has 17 heavy (non-hydrogen) atoms. The summed E-state index contributed by atoms with van der Waals surface area (Å²) in [4.78, 5) is 15.0. The fourth-order valence-corrected chi connectivity index (χ4v) is 1.62. The second-order valence-corrected chi connectivity index (χ2v) is 4.01. The summed E-state index contributed by atoms with van der Waals surface area (Å²) in [6.07, 6.45) is -1.11. The van der Waals surface area contributed by atoms with Gasteiger partial charge in [-0.05, 0) is 6.07 Å².